The Bertz CT molecular complexity index is 544. The number of likely N-dealkylation sites (tertiary alicyclic amines) is 2. The third kappa shape index (κ3) is 3.66. The molecule has 0 spiro atoms. The number of nitrogens with one attached hydrogen (secondary N) is 1. The van der Waals surface area contributed by atoms with Gasteiger partial charge in [-0.3, -0.25) is 5.32 Å². The van der Waals surface area contributed by atoms with Crippen LogP contribution in [-0.4, -0.2) is 58.2 Å². The van der Waals surface area contributed by atoms with Crippen LogP contribution in [0.3, 0.4) is 0 Å². The van der Waals surface area contributed by atoms with E-state index in [1.807, 2.05) is 4.90 Å². The van der Waals surface area contributed by atoms with E-state index in [9.17, 15) is 4.79 Å². The average molecular weight is 335 g/mol. The SMILES string of the molecule is O=C(Nc1nnc(C2CC2)s1)N1CCC(N2CCCCC2)CC1. The Balaban J connectivity index is 1.26. The van der Waals surface area contributed by atoms with Crippen molar-refractivity contribution in [3.05, 3.63) is 5.01 Å². The molecule has 7 heteroatoms. The van der Waals surface area contributed by atoms with Crippen LogP contribution in [0, 0.1) is 0 Å². The number of urea groups is 1. The highest BCUT2D eigenvalue weighted by Crippen LogP contribution is 2.42. The Labute approximate surface area is 141 Å². The van der Waals surface area contributed by atoms with Gasteiger partial charge in [-0.05, 0) is 51.6 Å². The molecule has 0 aromatic carbocycles. The van der Waals surface area contributed by atoms with Crippen LogP contribution >= 0.6 is 11.3 Å². The number of carbonyl (C=O) groups excluding carboxylic acids is 1. The Morgan fingerprint density at radius 3 is 2.43 bits per heavy atom. The molecule has 2 amide bonds. The van der Waals surface area contributed by atoms with Crippen molar-refractivity contribution in [2.45, 2.75) is 56.9 Å². The normalized spacial score (nSPS) is 23.9. The van der Waals surface area contributed by atoms with Crippen LogP contribution in [0.15, 0.2) is 0 Å². The van der Waals surface area contributed by atoms with E-state index in [0.717, 1.165) is 30.9 Å². The average Bonchev–Trinajstić information content (AvgIpc) is 3.36. The Morgan fingerprint density at radius 1 is 1.00 bits per heavy atom. The Kier molecular flexibility index (Phi) is 4.48. The molecule has 1 aliphatic carbocycles. The van der Waals surface area contributed by atoms with Crippen molar-refractivity contribution in [3.8, 4) is 0 Å². The summed E-state index contributed by atoms with van der Waals surface area (Å²) in [5, 5.41) is 12.9. The van der Waals surface area contributed by atoms with Crippen LogP contribution in [0.25, 0.3) is 0 Å². The Hall–Kier alpha value is -1.21. The summed E-state index contributed by atoms with van der Waals surface area (Å²) < 4.78 is 0. The zero-order chi connectivity index (χ0) is 15.6. The number of piperidine rings is 2. The second-order valence-electron chi connectivity index (χ2n) is 6.96. The number of amides is 2. The maximum atomic E-state index is 12.4. The van der Waals surface area contributed by atoms with Gasteiger partial charge in [0.2, 0.25) is 5.13 Å². The maximum Gasteiger partial charge on any atom is 0.323 e. The van der Waals surface area contributed by atoms with Crippen molar-refractivity contribution >= 4 is 22.5 Å². The van der Waals surface area contributed by atoms with Gasteiger partial charge in [0, 0.05) is 25.0 Å². The van der Waals surface area contributed by atoms with Gasteiger partial charge >= 0.3 is 6.03 Å². The van der Waals surface area contributed by atoms with Crippen molar-refractivity contribution in [2.75, 3.05) is 31.5 Å². The van der Waals surface area contributed by atoms with E-state index in [4.69, 9.17) is 0 Å². The fraction of sp³-hybridized carbons (Fsp3) is 0.812. The molecule has 6 nitrogen and oxygen atoms in total. The summed E-state index contributed by atoms with van der Waals surface area (Å²) in [5.41, 5.74) is 0. The highest BCUT2D eigenvalue weighted by molar-refractivity contribution is 7.15. The first-order valence-corrected chi connectivity index (χ1v) is 9.74. The molecule has 3 heterocycles. The minimum Gasteiger partial charge on any atom is -0.324 e. The number of carbonyl (C=O) groups is 1. The van der Waals surface area contributed by atoms with Gasteiger partial charge in [0.15, 0.2) is 0 Å². The quantitative estimate of drug-likeness (QED) is 0.922. The maximum absolute atomic E-state index is 12.4. The van der Waals surface area contributed by atoms with Crippen molar-refractivity contribution in [1.82, 2.24) is 20.0 Å². The molecular weight excluding hydrogens is 310 g/mol. The summed E-state index contributed by atoms with van der Waals surface area (Å²) >= 11 is 1.53. The molecule has 23 heavy (non-hydrogen) atoms. The molecule has 1 aromatic heterocycles. The predicted molar refractivity (Wildman–Crippen MR) is 90.9 cm³/mol. The first-order chi connectivity index (χ1) is 11.3. The topological polar surface area (TPSA) is 61.4 Å². The number of hydrogen-bond donors (Lipinski definition) is 1. The van der Waals surface area contributed by atoms with Crippen molar-refractivity contribution < 1.29 is 4.79 Å². The van der Waals surface area contributed by atoms with Crippen LogP contribution in [0.2, 0.25) is 0 Å². The molecule has 0 radical (unpaired) electrons. The van der Waals surface area contributed by atoms with E-state index < -0.39 is 0 Å². The third-order valence-corrected chi connectivity index (χ3v) is 6.24. The van der Waals surface area contributed by atoms with Gasteiger partial charge in [-0.15, -0.1) is 10.2 Å². The standard InChI is InChI=1S/C16H25N5OS/c22-16(17-15-19-18-14(23-15)12-4-5-12)21-10-6-13(7-11-21)20-8-2-1-3-9-20/h12-13H,1-11H2,(H,17,19,22). The van der Waals surface area contributed by atoms with Gasteiger partial charge in [-0.2, -0.15) is 0 Å². The molecule has 1 aromatic rings. The van der Waals surface area contributed by atoms with Crippen LogP contribution in [0.4, 0.5) is 9.93 Å². The molecule has 3 fully saturated rings. The zero-order valence-corrected chi connectivity index (χ0v) is 14.4. The van der Waals surface area contributed by atoms with Gasteiger partial charge in [-0.25, -0.2) is 4.79 Å². The molecule has 126 valence electrons. The lowest BCUT2D eigenvalue weighted by Crippen LogP contribution is -2.49. The lowest BCUT2D eigenvalue weighted by molar-refractivity contribution is 0.104. The van der Waals surface area contributed by atoms with E-state index in [0.29, 0.717) is 17.1 Å². The number of rotatable bonds is 3. The van der Waals surface area contributed by atoms with Gasteiger partial charge in [0.1, 0.15) is 5.01 Å². The molecular formula is C16H25N5OS. The smallest absolute Gasteiger partial charge is 0.323 e. The second kappa shape index (κ2) is 6.73. The predicted octanol–water partition coefficient (Wildman–Crippen LogP) is 2.90. The largest absolute Gasteiger partial charge is 0.324 e. The summed E-state index contributed by atoms with van der Waals surface area (Å²) in [6.45, 7) is 4.18. The molecule has 2 aliphatic heterocycles. The fourth-order valence-electron chi connectivity index (χ4n) is 3.67. The number of hydrogen-bond acceptors (Lipinski definition) is 5. The summed E-state index contributed by atoms with van der Waals surface area (Å²) in [6.07, 6.45) is 8.66. The molecule has 3 aliphatic rings. The van der Waals surface area contributed by atoms with E-state index in [1.165, 1.54) is 56.5 Å². The molecule has 0 bridgehead atoms. The molecule has 4 rings (SSSR count). The number of nitrogens with zero attached hydrogens (tertiary/aromatic N) is 4. The highest BCUT2D eigenvalue weighted by atomic mass is 32.1. The minimum absolute atomic E-state index is 0.0133. The van der Waals surface area contributed by atoms with Crippen molar-refractivity contribution in [3.63, 3.8) is 0 Å². The molecule has 0 unspecified atom stereocenters. The van der Waals surface area contributed by atoms with Crippen molar-refractivity contribution in [2.24, 2.45) is 0 Å². The summed E-state index contributed by atoms with van der Waals surface area (Å²) in [7, 11) is 0. The summed E-state index contributed by atoms with van der Waals surface area (Å²) in [6, 6.07) is 0.655. The highest BCUT2D eigenvalue weighted by Gasteiger charge is 2.30. The molecule has 1 N–H and O–H groups in total. The van der Waals surface area contributed by atoms with Gasteiger partial charge < -0.3 is 9.80 Å². The Morgan fingerprint density at radius 2 is 1.74 bits per heavy atom. The monoisotopic (exact) mass is 335 g/mol. The van der Waals surface area contributed by atoms with Gasteiger partial charge in [0.05, 0.1) is 0 Å². The summed E-state index contributed by atoms with van der Waals surface area (Å²) in [5.74, 6) is 0.596. The second-order valence-corrected chi connectivity index (χ2v) is 7.97. The fourth-order valence-corrected chi connectivity index (χ4v) is 4.57. The summed E-state index contributed by atoms with van der Waals surface area (Å²) in [4.78, 5) is 16.9. The first-order valence-electron chi connectivity index (χ1n) is 8.93. The van der Waals surface area contributed by atoms with Gasteiger partial charge in [0.25, 0.3) is 0 Å². The van der Waals surface area contributed by atoms with E-state index in [-0.39, 0.29) is 6.03 Å². The number of aromatic nitrogens is 2. The van der Waals surface area contributed by atoms with Crippen LogP contribution in [0.5, 0.6) is 0 Å². The van der Waals surface area contributed by atoms with E-state index in [2.05, 4.69) is 20.4 Å². The molecule has 2 saturated heterocycles. The number of anilines is 1. The first kappa shape index (κ1) is 15.3. The van der Waals surface area contributed by atoms with E-state index in [1.54, 1.807) is 0 Å². The minimum atomic E-state index is -0.0133. The van der Waals surface area contributed by atoms with Gasteiger partial charge in [-0.1, -0.05) is 17.8 Å². The van der Waals surface area contributed by atoms with E-state index >= 15 is 0 Å². The van der Waals surface area contributed by atoms with Crippen LogP contribution < -0.4 is 5.32 Å². The van der Waals surface area contributed by atoms with Crippen molar-refractivity contribution in [1.29, 1.82) is 0 Å². The lowest BCUT2D eigenvalue weighted by atomic mass is 10.0. The zero-order valence-electron chi connectivity index (χ0n) is 13.5. The third-order valence-electron chi connectivity index (χ3n) is 5.24. The van der Waals surface area contributed by atoms with Crippen LogP contribution in [-0.2, 0) is 0 Å². The molecule has 1 saturated carbocycles. The van der Waals surface area contributed by atoms with Crippen LogP contribution in [0.1, 0.15) is 55.9 Å². The lowest BCUT2D eigenvalue weighted by Gasteiger charge is -2.40. The molecule has 0 atom stereocenters.